The zero-order valence-electron chi connectivity index (χ0n) is 9.25. The Morgan fingerprint density at radius 2 is 2.44 bits per heavy atom. The Balaban J connectivity index is 1.89. The molecule has 0 spiro atoms. The molecule has 2 rings (SSSR count). The molecular weight excluding hydrogens is 206 g/mol. The van der Waals surface area contributed by atoms with Gasteiger partial charge in [0.15, 0.2) is 0 Å². The Labute approximate surface area is 94.4 Å². The van der Waals surface area contributed by atoms with Crippen LogP contribution in [-0.4, -0.2) is 45.2 Å². The van der Waals surface area contributed by atoms with E-state index in [4.69, 9.17) is 5.73 Å². The van der Waals surface area contributed by atoms with Crippen molar-refractivity contribution in [2.24, 2.45) is 11.7 Å². The van der Waals surface area contributed by atoms with Gasteiger partial charge >= 0.3 is 0 Å². The summed E-state index contributed by atoms with van der Waals surface area (Å²) in [6.45, 7) is 2.55. The number of carbonyl (C=O) groups excluding carboxylic acids is 1. The van der Waals surface area contributed by atoms with Gasteiger partial charge in [0.25, 0.3) is 0 Å². The van der Waals surface area contributed by atoms with Crippen LogP contribution in [-0.2, 0) is 11.3 Å². The molecule has 1 atom stereocenters. The quantitative estimate of drug-likeness (QED) is 0.747. The fourth-order valence-corrected chi connectivity index (χ4v) is 2.04. The minimum absolute atomic E-state index is 0.101. The third-order valence-corrected chi connectivity index (χ3v) is 2.97. The number of nitrogens with two attached hydrogens (primary N) is 1. The van der Waals surface area contributed by atoms with Gasteiger partial charge in [-0.05, 0) is 25.3 Å². The number of rotatable bonds is 3. The fraction of sp³-hybridized carbons (Fsp3) is 0.700. The highest BCUT2D eigenvalue weighted by Gasteiger charge is 2.22. The number of amides is 1. The van der Waals surface area contributed by atoms with Gasteiger partial charge in [0, 0.05) is 13.1 Å². The predicted molar refractivity (Wildman–Crippen MR) is 58.4 cm³/mol. The zero-order chi connectivity index (χ0) is 11.4. The summed E-state index contributed by atoms with van der Waals surface area (Å²) in [7, 11) is 0. The molecule has 1 saturated heterocycles. The Hall–Kier alpha value is -1.43. The van der Waals surface area contributed by atoms with Gasteiger partial charge in [-0.15, -0.1) is 0 Å². The lowest BCUT2D eigenvalue weighted by molar-refractivity contribution is -0.133. The van der Waals surface area contributed by atoms with Crippen LogP contribution in [0.4, 0.5) is 0 Å². The molecule has 0 unspecified atom stereocenters. The maximum atomic E-state index is 11.9. The number of nitrogens with zero attached hydrogens (tertiary/aromatic N) is 4. The van der Waals surface area contributed by atoms with Gasteiger partial charge in [0.05, 0.1) is 0 Å². The molecule has 1 aromatic heterocycles. The van der Waals surface area contributed by atoms with Crippen LogP contribution in [0, 0.1) is 5.92 Å². The molecule has 16 heavy (non-hydrogen) atoms. The summed E-state index contributed by atoms with van der Waals surface area (Å²) < 4.78 is 1.55. The van der Waals surface area contributed by atoms with Crippen molar-refractivity contribution in [1.82, 2.24) is 19.7 Å². The minimum atomic E-state index is 0.101. The number of aromatic nitrogens is 3. The van der Waals surface area contributed by atoms with Gasteiger partial charge in [0.1, 0.15) is 19.2 Å². The van der Waals surface area contributed by atoms with Gasteiger partial charge in [0.2, 0.25) is 5.91 Å². The van der Waals surface area contributed by atoms with Crippen LogP contribution in [0.5, 0.6) is 0 Å². The Bertz CT molecular complexity index is 337. The van der Waals surface area contributed by atoms with E-state index < -0.39 is 0 Å². The molecule has 1 fully saturated rings. The summed E-state index contributed by atoms with van der Waals surface area (Å²) in [5.74, 6) is 0.553. The van der Waals surface area contributed by atoms with Crippen molar-refractivity contribution < 1.29 is 4.79 Å². The number of piperidine rings is 1. The van der Waals surface area contributed by atoms with E-state index in [1.807, 2.05) is 4.90 Å². The molecule has 88 valence electrons. The molecule has 1 aliphatic heterocycles. The summed E-state index contributed by atoms with van der Waals surface area (Å²) >= 11 is 0. The summed E-state index contributed by atoms with van der Waals surface area (Å²) in [5.41, 5.74) is 5.64. The lowest BCUT2D eigenvalue weighted by Gasteiger charge is -2.32. The molecule has 1 aromatic rings. The summed E-state index contributed by atoms with van der Waals surface area (Å²) in [4.78, 5) is 17.6. The SMILES string of the molecule is NC[C@@H]1CCCN(C(=O)Cn2cncn2)C1. The van der Waals surface area contributed by atoms with Crippen molar-refractivity contribution in [3.05, 3.63) is 12.7 Å². The van der Waals surface area contributed by atoms with Crippen LogP contribution < -0.4 is 5.73 Å². The zero-order valence-corrected chi connectivity index (χ0v) is 9.25. The minimum Gasteiger partial charge on any atom is -0.341 e. The molecule has 1 aliphatic rings. The van der Waals surface area contributed by atoms with Crippen LogP contribution in [0.1, 0.15) is 12.8 Å². The van der Waals surface area contributed by atoms with Crippen molar-refractivity contribution in [2.75, 3.05) is 19.6 Å². The second-order valence-corrected chi connectivity index (χ2v) is 4.18. The predicted octanol–water partition coefficient (Wildman–Crippen LogP) is -0.525. The molecule has 0 radical (unpaired) electrons. The van der Waals surface area contributed by atoms with Crippen LogP contribution in [0.3, 0.4) is 0 Å². The van der Waals surface area contributed by atoms with E-state index in [0.717, 1.165) is 25.9 Å². The van der Waals surface area contributed by atoms with Crippen molar-refractivity contribution in [2.45, 2.75) is 19.4 Å². The number of likely N-dealkylation sites (tertiary alicyclic amines) is 1. The molecule has 0 bridgehead atoms. The van der Waals surface area contributed by atoms with Crippen LogP contribution in [0.2, 0.25) is 0 Å². The molecule has 6 nitrogen and oxygen atoms in total. The normalized spacial score (nSPS) is 21.1. The van der Waals surface area contributed by atoms with E-state index in [1.54, 1.807) is 11.0 Å². The first-order chi connectivity index (χ1) is 7.79. The first-order valence-electron chi connectivity index (χ1n) is 5.60. The van der Waals surface area contributed by atoms with Gasteiger partial charge in [-0.1, -0.05) is 0 Å². The standard InChI is InChI=1S/C10H17N5O/c11-4-9-2-1-3-14(5-9)10(16)6-15-8-12-7-13-15/h7-9H,1-6,11H2/t9-/m0/s1. The maximum absolute atomic E-state index is 11.9. The topological polar surface area (TPSA) is 77.0 Å². The molecule has 0 aromatic carbocycles. The van der Waals surface area contributed by atoms with E-state index in [1.165, 1.54) is 6.33 Å². The number of hydrogen-bond donors (Lipinski definition) is 1. The third kappa shape index (κ3) is 2.57. The van der Waals surface area contributed by atoms with Crippen LogP contribution >= 0.6 is 0 Å². The van der Waals surface area contributed by atoms with Crippen molar-refractivity contribution in [3.63, 3.8) is 0 Å². The number of hydrogen-bond acceptors (Lipinski definition) is 4. The highest BCUT2D eigenvalue weighted by molar-refractivity contribution is 5.75. The van der Waals surface area contributed by atoms with Crippen LogP contribution in [0.15, 0.2) is 12.7 Å². The Kier molecular flexibility index (Phi) is 3.51. The smallest absolute Gasteiger partial charge is 0.244 e. The van der Waals surface area contributed by atoms with Crippen molar-refractivity contribution in [1.29, 1.82) is 0 Å². The van der Waals surface area contributed by atoms with Crippen molar-refractivity contribution >= 4 is 5.91 Å². The van der Waals surface area contributed by atoms with E-state index in [9.17, 15) is 4.79 Å². The third-order valence-electron chi connectivity index (χ3n) is 2.97. The molecule has 2 N–H and O–H groups in total. The highest BCUT2D eigenvalue weighted by Crippen LogP contribution is 2.15. The van der Waals surface area contributed by atoms with E-state index in [2.05, 4.69) is 10.1 Å². The summed E-state index contributed by atoms with van der Waals surface area (Å²) in [6, 6.07) is 0. The molecule has 2 heterocycles. The Morgan fingerprint density at radius 1 is 1.56 bits per heavy atom. The average molecular weight is 223 g/mol. The molecule has 0 saturated carbocycles. The summed E-state index contributed by atoms with van der Waals surface area (Å²) in [5, 5.41) is 3.92. The maximum Gasteiger partial charge on any atom is 0.244 e. The lowest BCUT2D eigenvalue weighted by atomic mass is 9.98. The monoisotopic (exact) mass is 223 g/mol. The molecule has 0 aliphatic carbocycles. The lowest BCUT2D eigenvalue weighted by Crippen LogP contribution is -2.43. The molecule has 6 heteroatoms. The first kappa shape index (κ1) is 11.1. The Morgan fingerprint density at radius 3 is 3.12 bits per heavy atom. The van der Waals surface area contributed by atoms with E-state index >= 15 is 0 Å². The van der Waals surface area contributed by atoms with Gasteiger partial charge in [-0.25, -0.2) is 9.67 Å². The van der Waals surface area contributed by atoms with E-state index in [0.29, 0.717) is 12.5 Å². The average Bonchev–Trinajstić information content (AvgIpc) is 2.82. The second kappa shape index (κ2) is 5.07. The highest BCUT2D eigenvalue weighted by atomic mass is 16.2. The molecule has 1 amide bonds. The summed E-state index contributed by atoms with van der Waals surface area (Å²) in [6.07, 6.45) is 5.17. The van der Waals surface area contributed by atoms with E-state index in [-0.39, 0.29) is 12.5 Å². The van der Waals surface area contributed by atoms with Crippen molar-refractivity contribution in [3.8, 4) is 0 Å². The van der Waals surface area contributed by atoms with Gasteiger partial charge < -0.3 is 10.6 Å². The number of carbonyl (C=O) groups is 1. The fourth-order valence-electron chi connectivity index (χ4n) is 2.04. The second-order valence-electron chi connectivity index (χ2n) is 4.18. The van der Waals surface area contributed by atoms with Crippen LogP contribution in [0.25, 0.3) is 0 Å². The molecular formula is C10H17N5O. The first-order valence-corrected chi connectivity index (χ1v) is 5.60. The van der Waals surface area contributed by atoms with Gasteiger partial charge in [-0.3, -0.25) is 4.79 Å². The van der Waals surface area contributed by atoms with Gasteiger partial charge in [-0.2, -0.15) is 5.10 Å². The largest absolute Gasteiger partial charge is 0.341 e.